The van der Waals surface area contributed by atoms with E-state index in [-0.39, 0.29) is 28.7 Å². The van der Waals surface area contributed by atoms with Crippen LogP contribution in [0.1, 0.15) is 17.3 Å². The first-order valence-corrected chi connectivity index (χ1v) is 8.92. The molecule has 158 valence electrons. The molecule has 0 amide bonds. The Morgan fingerprint density at radius 1 is 0.935 bits per heavy atom. The summed E-state index contributed by atoms with van der Waals surface area (Å²) in [7, 11) is 0. The molecule has 0 aliphatic carbocycles. The van der Waals surface area contributed by atoms with Gasteiger partial charge >= 0.3 is 6.18 Å². The summed E-state index contributed by atoms with van der Waals surface area (Å²) >= 11 is 0. The van der Waals surface area contributed by atoms with E-state index in [0.717, 1.165) is 24.3 Å². The zero-order valence-corrected chi connectivity index (χ0v) is 15.8. The van der Waals surface area contributed by atoms with E-state index in [2.05, 4.69) is 10.6 Å². The lowest BCUT2D eigenvalue weighted by Gasteiger charge is -2.15. The third-order valence-corrected chi connectivity index (χ3v) is 4.76. The van der Waals surface area contributed by atoms with Crippen molar-refractivity contribution in [3.05, 3.63) is 80.5 Å². The molecular formula is C21H13F4N3O3. The van der Waals surface area contributed by atoms with E-state index in [1.165, 1.54) is 35.9 Å². The van der Waals surface area contributed by atoms with Crippen LogP contribution in [-0.2, 0) is 6.18 Å². The van der Waals surface area contributed by atoms with Crippen LogP contribution in [0.4, 0.5) is 40.3 Å². The normalized spacial score (nSPS) is 11.8. The van der Waals surface area contributed by atoms with Crippen molar-refractivity contribution in [2.75, 3.05) is 10.6 Å². The van der Waals surface area contributed by atoms with Crippen LogP contribution in [0.15, 0.2) is 58.3 Å². The van der Waals surface area contributed by atoms with Crippen molar-refractivity contribution in [1.82, 2.24) is 4.57 Å². The van der Waals surface area contributed by atoms with Crippen LogP contribution >= 0.6 is 0 Å². The molecule has 0 saturated heterocycles. The highest BCUT2D eigenvalue weighted by Crippen LogP contribution is 2.33. The molecular weight excluding hydrogens is 418 g/mol. The molecule has 0 bridgehead atoms. The Labute approximate surface area is 171 Å². The van der Waals surface area contributed by atoms with Crippen molar-refractivity contribution < 1.29 is 22.4 Å². The first-order valence-electron chi connectivity index (χ1n) is 8.92. The molecule has 0 fully saturated rings. The fourth-order valence-corrected chi connectivity index (χ4v) is 3.21. The van der Waals surface area contributed by atoms with Crippen LogP contribution in [0, 0.1) is 5.82 Å². The number of aromatic nitrogens is 1. The summed E-state index contributed by atoms with van der Waals surface area (Å²) in [5.41, 5.74) is -2.08. The van der Waals surface area contributed by atoms with Gasteiger partial charge in [0, 0.05) is 24.2 Å². The van der Waals surface area contributed by atoms with Crippen molar-refractivity contribution in [3.8, 4) is 0 Å². The van der Waals surface area contributed by atoms with Gasteiger partial charge in [-0.3, -0.25) is 19.0 Å². The summed E-state index contributed by atoms with van der Waals surface area (Å²) < 4.78 is 53.1. The molecule has 0 unspecified atom stereocenters. The fourth-order valence-electron chi connectivity index (χ4n) is 3.21. The number of carbonyl (C=O) groups excluding carboxylic acids is 1. The van der Waals surface area contributed by atoms with Gasteiger partial charge in [0.15, 0.2) is 0 Å². The molecule has 1 aromatic heterocycles. The van der Waals surface area contributed by atoms with Gasteiger partial charge < -0.3 is 10.6 Å². The minimum Gasteiger partial charge on any atom is -0.350 e. The van der Waals surface area contributed by atoms with E-state index in [9.17, 15) is 31.9 Å². The van der Waals surface area contributed by atoms with Crippen molar-refractivity contribution in [2.24, 2.45) is 0 Å². The van der Waals surface area contributed by atoms with Gasteiger partial charge in [0.05, 0.1) is 16.8 Å². The minimum atomic E-state index is -4.51. The van der Waals surface area contributed by atoms with Crippen LogP contribution in [0.2, 0.25) is 0 Å². The smallest absolute Gasteiger partial charge is 0.350 e. The molecule has 4 rings (SSSR count). The summed E-state index contributed by atoms with van der Waals surface area (Å²) in [6.07, 6.45) is -3.14. The molecule has 0 atom stereocenters. The standard InChI is InChI=1S/C21H13F4N3O3/c1-10(29)28-9-15(14-8-12(22)4-7-16(14)28)27-18-17(19(30)20(18)31)26-13-5-2-11(3-6-13)21(23,24)25/h2-9,26-27H,1H3. The summed E-state index contributed by atoms with van der Waals surface area (Å²) in [5, 5.41) is 5.67. The van der Waals surface area contributed by atoms with E-state index >= 15 is 0 Å². The van der Waals surface area contributed by atoms with E-state index in [1.807, 2.05) is 0 Å². The highest BCUT2D eigenvalue weighted by Gasteiger charge is 2.30. The lowest BCUT2D eigenvalue weighted by atomic mass is 10.1. The van der Waals surface area contributed by atoms with E-state index in [1.54, 1.807) is 0 Å². The highest BCUT2D eigenvalue weighted by atomic mass is 19.4. The number of anilines is 4. The lowest BCUT2D eigenvalue weighted by molar-refractivity contribution is -0.137. The van der Waals surface area contributed by atoms with E-state index < -0.39 is 28.4 Å². The average molecular weight is 431 g/mol. The number of carbonyl (C=O) groups is 1. The number of alkyl halides is 3. The van der Waals surface area contributed by atoms with Gasteiger partial charge in [0.2, 0.25) is 5.91 Å². The Hall–Kier alpha value is -3.95. The van der Waals surface area contributed by atoms with Gasteiger partial charge in [0.1, 0.15) is 17.2 Å². The number of benzene rings is 2. The van der Waals surface area contributed by atoms with Gasteiger partial charge in [-0.1, -0.05) is 0 Å². The van der Waals surface area contributed by atoms with Gasteiger partial charge in [-0.15, -0.1) is 0 Å². The maximum Gasteiger partial charge on any atom is 0.416 e. The molecule has 0 radical (unpaired) electrons. The quantitative estimate of drug-likeness (QED) is 0.366. The monoisotopic (exact) mass is 431 g/mol. The van der Waals surface area contributed by atoms with Crippen LogP contribution in [0.3, 0.4) is 0 Å². The molecule has 0 saturated carbocycles. The molecule has 1 heterocycles. The molecule has 3 aromatic carbocycles. The van der Waals surface area contributed by atoms with E-state index in [4.69, 9.17) is 0 Å². The second-order valence-corrected chi connectivity index (χ2v) is 6.83. The second kappa shape index (κ2) is 7.08. The minimum absolute atomic E-state index is 0.142. The molecule has 0 aliphatic rings. The number of halogens is 4. The Bertz CT molecular complexity index is 1390. The highest BCUT2D eigenvalue weighted by molar-refractivity contribution is 6.01. The zero-order chi connectivity index (χ0) is 22.5. The number of nitrogens with one attached hydrogen (secondary N) is 2. The number of fused-ring (bicyclic) bond motifs is 1. The lowest BCUT2D eigenvalue weighted by Crippen LogP contribution is -2.35. The van der Waals surface area contributed by atoms with E-state index in [0.29, 0.717) is 10.9 Å². The van der Waals surface area contributed by atoms with Crippen molar-refractivity contribution in [3.63, 3.8) is 0 Å². The number of rotatable bonds is 4. The van der Waals surface area contributed by atoms with Gasteiger partial charge in [-0.2, -0.15) is 13.2 Å². The first-order chi connectivity index (χ1) is 14.6. The van der Waals surface area contributed by atoms with Gasteiger partial charge in [0.25, 0.3) is 10.9 Å². The number of hydrogen-bond acceptors (Lipinski definition) is 5. The molecule has 2 N–H and O–H groups in total. The third-order valence-electron chi connectivity index (χ3n) is 4.76. The Morgan fingerprint density at radius 2 is 1.55 bits per heavy atom. The predicted octanol–water partition coefficient (Wildman–Crippen LogP) is 4.54. The molecule has 4 aromatic rings. The molecule has 31 heavy (non-hydrogen) atoms. The maximum atomic E-state index is 13.7. The van der Waals surface area contributed by atoms with Crippen molar-refractivity contribution >= 4 is 39.6 Å². The van der Waals surface area contributed by atoms with Crippen LogP contribution < -0.4 is 21.5 Å². The molecule has 6 nitrogen and oxygen atoms in total. The molecule has 0 spiro atoms. The average Bonchev–Trinajstić information content (AvgIpc) is 3.08. The molecule has 10 heteroatoms. The van der Waals surface area contributed by atoms with Crippen LogP contribution in [0.25, 0.3) is 10.9 Å². The largest absolute Gasteiger partial charge is 0.416 e. The summed E-state index contributed by atoms with van der Waals surface area (Å²) in [6, 6.07) is 7.68. The van der Waals surface area contributed by atoms with Crippen LogP contribution in [0.5, 0.6) is 0 Å². The van der Waals surface area contributed by atoms with Gasteiger partial charge in [-0.05, 0) is 42.5 Å². The predicted molar refractivity (Wildman–Crippen MR) is 108 cm³/mol. The Kier molecular flexibility index (Phi) is 4.64. The first kappa shape index (κ1) is 20.3. The maximum absolute atomic E-state index is 13.7. The summed E-state index contributed by atoms with van der Waals surface area (Å²) in [6.45, 7) is 1.31. The number of nitrogens with zero attached hydrogens (tertiary/aromatic N) is 1. The number of hydrogen-bond donors (Lipinski definition) is 2. The SMILES string of the molecule is CC(=O)n1cc(Nc2c(Nc3ccc(C(F)(F)F)cc3)c(=O)c2=O)c2cc(F)ccc21. The zero-order valence-electron chi connectivity index (χ0n) is 15.8. The fraction of sp³-hybridized carbons (Fsp3) is 0.0952. The molecule has 0 aliphatic heterocycles. The summed E-state index contributed by atoms with van der Waals surface area (Å²) in [4.78, 5) is 36.0. The topological polar surface area (TPSA) is 80.2 Å². The third kappa shape index (κ3) is 3.56. The van der Waals surface area contributed by atoms with Crippen molar-refractivity contribution in [2.45, 2.75) is 13.1 Å². The summed E-state index contributed by atoms with van der Waals surface area (Å²) in [5.74, 6) is -0.914. The second-order valence-electron chi connectivity index (χ2n) is 6.83. The van der Waals surface area contributed by atoms with Crippen molar-refractivity contribution in [1.29, 1.82) is 0 Å². The Morgan fingerprint density at radius 3 is 2.13 bits per heavy atom. The van der Waals surface area contributed by atoms with Crippen LogP contribution in [-0.4, -0.2) is 10.5 Å². The Balaban J connectivity index is 1.69. The van der Waals surface area contributed by atoms with Gasteiger partial charge in [-0.25, -0.2) is 4.39 Å².